The number of piperidine rings is 1. The number of nitrogens with one attached hydrogen (secondary N) is 1. The van der Waals surface area contributed by atoms with Crippen LogP contribution in [0, 0.1) is 0 Å². The van der Waals surface area contributed by atoms with E-state index in [1.165, 1.54) is 24.2 Å². The summed E-state index contributed by atoms with van der Waals surface area (Å²) in [5.41, 5.74) is 2.90. The molecule has 3 amide bonds. The summed E-state index contributed by atoms with van der Waals surface area (Å²) in [6.45, 7) is 7.62. The number of phenolic OH excluding ortho intramolecular Hbond substituents is 1. The van der Waals surface area contributed by atoms with Crippen molar-refractivity contribution in [2.75, 3.05) is 32.8 Å². The van der Waals surface area contributed by atoms with Gasteiger partial charge in [-0.3, -0.25) is 9.69 Å². The Kier molecular flexibility index (Phi) is 6.30. The van der Waals surface area contributed by atoms with Crippen LogP contribution in [0.2, 0.25) is 0 Å². The molecular weight excluding hydrogens is 480 g/mol. The van der Waals surface area contributed by atoms with E-state index in [-0.39, 0.29) is 23.7 Å². The van der Waals surface area contributed by atoms with E-state index in [1.807, 2.05) is 44.2 Å². The molecule has 0 radical (unpaired) electrons. The zero-order valence-corrected chi connectivity index (χ0v) is 22.2. The molecule has 3 aliphatic rings. The van der Waals surface area contributed by atoms with Gasteiger partial charge < -0.3 is 24.6 Å². The predicted octanol–water partition coefficient (Wildman–Crippen LogP) is 4.62. The van der Waals surface area contributed by atoms with E-state index in [9.17, 15) is 14.7 Å². The number of hydrogen-bond acceptors (Lipinski definition) is 5. The molecular formula is C30H36N4O4. The van der Waals surface area contributed by atoms with Gasteiger partial charge in [0.1, 0.15) is 17.0 Å². The highest BCUT2D eigenvalue weighted by Crippen LogP contribution is 2.47. The number of rotatable bonds is 7. The van der Waals surface area contributed by atoms with Crippen molar-refractivity contribution in [2.45, 2.75) is 57.5 Å². The summed E-state index contributed by atoms with van der Waals surface area (Å²) in [6, 6.07) is 12.5. The highest BCUT2D eigenvalue weighted by atomic mass is 16.5. The lowest BCUT2D eigenvalue weighted by Crippen LogP contribution is -2.53. The summed E-state index contributed by atoms with van der Waals surface area (Å²) in [5.74, 6) is 0.851. The molecule has 2 saturated heterocycles. The summed E-state index contributed by atoms with van der Waals surface area (Å²) < 4.78 is 5.78. The molecule has 2 atom stereocenters. The van der Waals surface area contributed by atoms with Gasteiger partial charge in [0.25, 0.3) is 5.91 Å². The number of aromatic hydroxyl groups is 1. The van der Waals surface area contributed by atoms with Crippen LogP contribution < -0.4 is 4.74 Å². The smallest absolute Gasteiger partial charge is 0.328 e. The third-order valence-electron chi connectivity index (χ3n) is 8.49. The van der Waals surface area contributed by atoms with E-state index in [0.29, 0.717) is 32.5 Å². The maximum atomic E-state index is 14.0. The van der Waals surface area contributed by atoms with Crippen LogP contribution in [-0.4, -0.2) is 75.1 Å². The fourth-order valence-electron chi connectivity index (χ4n) is 6.63. The average Bonchev–Trinajstić information content (AvgIpc) is 3.35. The minimum atomic E-state index is -0.982. The lowest BCUT2D eigenvalue weighted by Gasteiger charge is -2.42. The number of carbonyl (C=O) groups is 2. The van der Waals surface area contributed by atoms with Gasteiger partial charge in [-0.1, -0.05) is 18.6 Å². The quantitative estimate of drug-likeness (QED) is 0.448. The number of aromatic nitrogens is 1. The zero-order chi connectivity index (χ0) is 26.4. The lowest BCUT2D eigenvalue weighted by atomic mass is 9.81. The van der Waals surface area contributed by atoms with Crippen molar-refractivity contribution in [1.29, 1.82) is 0 Å². The molecule has 200 valence electrons. The van der Waals surface area contributed by atoms with Crippen molar-refractivity contribution >= 4 is 22.8 Å². The zero-order valence-electron chi connectivity index (χ0n) is 22.2. The van der Waals surface area contributed by atoms with Crippen LogP contribution in [0.5, 0.6) is 11.5 Å². The molecule has 3 aliphatic heterocycles. The van der Waals surface area contributed by atoms with Crippen molar-refractivity contribution in [2.24, 2.45) is 0 Å². The van der Waals surface area contributed by atoms with Crippen molar-refractivity contribution in [3.05, 3.63) is 59.3 Å². The van der Waals surface area contributed by atoms with Crippen LogP contribution >= 0.6 is 0 Å². The molecule has 6 rings (SSSR count). The Labute approximate surface area is 223 Å². The first-order valence-electron chi connectivity index (χ1n) is 13.8. The molecule has 1 aromatic heterocycles. The standard InChI is InChI=1S/C30H36N4O4/c1-3-38-22-10-11-25-23(18-22)24-19-30(2)28(36)33(15-14-32-12-5-4-6-13-32)29(37)34(30)26(27(24)31-25)17-20-8-7-9-21(35)16-20/h7-11,16,18,26,31,35H,3-6,12-15,17,19H2,1-2H3/t26?,30-/m0/s1. The number of carbonyl (C=O) groups excluding carboxylic acids is 2. The summed E-state index contributed by atoms with van der Waals surface area (Å²) >= 11 is 0. The molecule has 2 aromatic carbocycles. The molecule has 2 fully saturated rings. The summed E-state index contributed by atoms with van der Waals surface area (Å²) in [7, 11) is 0. The minimum Gasteiger partial charge on any atom is -0.508 e. The Morgan fingerprint density at radius 3 is 2.66 bits per heavy atom. The molecule has 0 saturated carbocycles. The van der Waals surface area contributed by atoms with Gasteiger partial charge in [0.05, 0.1) is 12.6 Å². The summed E-state index contributed by atoms with van der Waals surface area (Å²) in [5, 5.41) is 11.2. The molecule has 1 unspecified atom stereocenters. The SMILES string of the molecule is CCOc1ccc2[nH]c3c(c2c1)C[C@@]1(C)C(=O)N(CCN2CCCCC2)C(=O)N1C3Cc1cccc(O)c1. The Bertz CT molecular complexity index is 1380. The second-order valence-corrected chi connectivity index (χ2v) is 11.0. The van der Waals surface area contributed by atoms with Crippen molar-refractivity contribution < 1.29 is 19.4 Å². The molecule has 0 spiro atoms. The van der Waals surface area contributed by atoms with Crippen LogP contribution in [0.3, 0.4) is 0 Å². The number of likely N-dealkylation sites (tertiary alicyclic amines) is 1. The normalized spacial score (nSPS) is 23.7. The van der Waals surface area contributed by atoms with Gasteiger partial charge in [-0.2, -0.15) is 0 Å². The average molecular weight is 517 g/mol. The summed E-state index contributed by atoms with van der Waals surface area (Å²) in [6.07, 6.45) is 4.52. The van der Waals surface area contributed by atoms with E-state index in [1.54, 1.807) is 17.0 Å². The number of aromatic amines is 1. The Balaban J connectivity index is 1.40. The number of H-pyrrole nitrogens is 1. The molecule has 8 heteroatoms. The van der Waals surface area contributed by atoms with E-state index in [0.717, 1.165) is 46.6 Å². The van der Waals surface area contributed by atoms with Gasteiger partial charge >= 0.3 is 6.03 Å². The maximum absolute atomic E-state index is 14.0. The minimum absolute atomic E-state index is 0.124. The van der Waals surface area contributed by atoms with Crippen molar-refractivity contribution in [3.8, 4) is 11.5 Å². The number of hydrogen-bond donors (Lipinski definition) is 2. The number of imide groups is 1. The van der Waals surface area contributed by atoms with Gasteiger partial charge in [0.15, 0.2) is 0 Å². The first kappa shape index (κ1) is 24.8. The summed E-state index contributed by atoms with van der Waals surface area (Å²) in [4.78, 5) is 37.2. The van der Waals surface area contributed by atoms with Crippen LogP contribution in [-0.2, 0) is 17.6 Å². The third-order valence-corrected chi connectivity index (χ3v) is 8.49. The van der Waals surface area contributed by atoms with Gasteiger partial charge in [0.2, 0.25) is 0 Å². The van der Waals surface area contributed by atoms with E-state index in [2.05, 4.69) is 9.88 Å². The fraction of sp³-hybridized carbons (Fsp3) is 0.467. The number of benzene rings is 2. The molecule has 0 bridgehead atoms. The monoisotopic (exact) mass is 516 g/mol. The first-order chi connectivity index (χ1) is 18.4. The molecule has 4 heterocycles. The largest absolute Gasteiger partial charge is 0.508 e. The first-order valence-corrected chi connectivity index (χ1v) is 13.8. The lowest BCUT2D eigenvalue weighted by molar-refractivity contribution is -0.133. The Morgan fingerprint density at radius 1 is 1.08 bits per heavy atom. The highest BCUT2D eigenvalue weighted by Gasteiger charge is 2.59. The Morgan fingerprint density at radius 2 is 1.89 bits per heavy atom. The highest BCUT2D eigenvalue weighted by molar-refractivity contribution is 6.08. The Hall–Kier alpha value is -3.52. The van der Waals surface area contributed by atoms with Crippen molar-refractivity contribution in [3.63, 3.8) is 0 Å². The van der Waals surface area contributed by atoms with Gasteiger partial charge in [-0.15, -0.1) is 0 Å². The van der Waals surface area contributed by atoms with Crippen molar-refractivity contribution in [1.82, 2.24) is 19.7 Å². The van der Waals surface area contributed by atoms with Crippen LogP contribution in [0.4, 0.5) is 4.79 Å². The van der Waals surface area contributed by atoms with Crippen LogP contribution in [0.1, 0.15) is 56.0 Å². The van der Waals surface area contributed by atoms with Gasteiger partial charge in [-0.25, -0.2) is 4.79 Å². The van der Waals surface area contributed by atoms with Gasteiger partial charge in [-0.05, 0) is 87.7 Å². The predicted molar refractivity (Wildman–Crippen MR) is 145 cm³/mol. The molecule has 38 heavy (non-hydrogen) atoms. The molecule has 2 N–H and O–H groups in total. The van der Waals surface area contributed by atoms with E-state index >= 15 is 0 Å². The second kappa shape index (κ2) is 9.66. The number of ether oxygens (including phenoxy) is 1. The number of nitrogens with zero attached hydrogens (tertiary/aromatic N) is 3. The molecule has 0 aliphatic carbocycles. The molecule has 3 aromatic rings. The van der Waals surface area contributed by atoms with Gasteiger partial charge in [0, 0.05) is 36.1 Å². The van der Waals surface area contributed by atoms with E-state index in [4.69, 9.17) is 4.74 Å². The number of phenols is 1. The number of fused-ring (bicyclic) bond motifs is 4. The maximum Gasteiger partial charge on any atom is 0.328 e. The third kappa shape index (κ3) is 4.11. The number of urea groups is 1. The topological polar surface area (TPSA) is 89.1 Å². The second-order valence-electron chi connectivity index (χ2n) is 11.0. The van der Waals surface area contributed by atoms with Crippen LogP contribution in [0.15, 0.2) is 42.5 Å². The molecule has 8 nitrogen and oxygen atoms in total. The van der Waals surface area contributed by atoms with E-state index < -0.39 is 5.54 Å². The van der Waals surface area contributed by atoms with Crippen LogP contribution in [0.25, 0.3) is 10.9 Å². The fourth-order valence-corrected chi connectivity index (χ4v) is 6.63. The number of amides is 3.